The third-order valence-electron chi connectivity index (χ3n) is 2.99. The highest BCUT2D eigenvalue weighted by atomic mass is 16.5. The predicted octanol–water partition coefficient (Wildman–Crippen LogP) is 1.17. The lowest BCUT2D eigenvalue weighted by Crippen LogP contribution is -2.40. The maximum absolute atomic E-state index is 11.3. The molecule has 2 saturated heterocycles. The molecule has 2 rings (SSSR count). The molecule has 5 heteroatoms. The largest absolute Gasteiger partial charge is 0.378 e. The fraction of sp³-hybridized carbons (Fsp3) is 0.571. The molecule has 106 valence electrons. The smallest absolute Gasteiger partial charge is 0.249 e. The van der Waals surface area contributed by atoms with Gasteiger partial charge >= 0.3 is 0 Å². The zero-order chi connectivity index (χ0) is 14.3. The number of morpholine rings is 1. The standard InChI is InChI=1S/C8H13NO2.C6H9NO/c1-7(2)8(10)9-3-5-11-6-4-9;1-2-7-5-3-4-6(7)8/h1,3-6H2,2H3;2H,1,3-5H2. The van der Waals surface area contributed by atoms with Gasteiger partial charge in [-0.15, -0.1) is 0 Å². The van der Waals surface area contributed by atoms with Gasteiger partial charge in [0.05, 0.1) is 13.2 Å². The molecule has 0 unspecified atom stereocenters. The van der Waals surface area contributed by atoms with Gasteiger partial charge in [-0.25, -0.2) is 0 Å². The molecule has 2 fully saturated rings. The zero-order valence-corrected chi connectivity index (χ0v) is 11.6. The van der Waals surface area contributed by atoms with E-state index >= 15 is 0 Å². The molecular weight excluding hydrogens is 244 g/mol. The Morgan fingerprint density at radius 1 is 1.32 bits per heavy atom. The van der Waals surface area contributed by atoms with Crippen molar-refractivity contribution < 1.29 is 14.3 Å². The van der Waals surface area contributed by atoms with Crippen molar-refractivity contribution in [2.24, 2.45) is 0 Å². The third-order valence-corrected chi connectivity index (χ3v) is 2.99. The molecule has 0 aromatic heterocycles. The molecule has 0 N–H and O–H groups in total. The van der Waals surface area contributed by atoms with E-state index in [1.165, 1.54) is 0 Å². The van der Waals surface area contributed by atoms with Crippen molar-refractivity contribution in [2.45, 2.75) is 19.8 Å². The Bertz CT molecular complexity index is 360. The highest BCUT2D eigenvalue weighted by Crippen LogP contribution is 2.08. The summed E-state index contributed by atoms with van der Waals surface area (Å²) in [4.78, 5) is 25.4. The minimum atomic E-state index is 0.0494. The van der Waals surface area contributed by atoms with Crippen LogP contribution >= 0.6 is 0 Å². The summed E-state index contributed by atoms with van der Waals surface area (Å²) in [5.74, 6) is 0.258. The van der Waals surface area contributed by atoms with Crippen LogP contribution in [0, 0.1) is 0 Å². The Kier molecular flexibility index (Phi) is 6.29. The van der Waals surface area contributed by atoms with E-state index in [2.05, 4.69) is 13.2 Å². The van der Waals surface area contributed by atoms with Gasteiger partial charge in [-0.3, -0.25) is 9.59 Å². The van der Waals surface area contributed by atoms with Gasteiger partial charge in [0.2, 0.25) is 11.8 Å². The van der Waals surface area contributed by atoms with Gasteiger partial charge in [0.25, 0.3) is 0 Å². The van der Waals surface area contributed by atoms with Crippen LogP contribution in [0.3, 0.4) is 0 Å². The van der Waals surface area contributed by atoms with Gasteiger partial charge in [-0.2, -0.15) is 0 Å². The molecule has 0 atom stereocenters. The van der Waals surface area contributed by atoms with E-state index in [0.717, 1.165) is 13.0 Å². The molecule has 2 aliphatic rings. The SMILES string of the molecule is C=C(C)C(=O)N1CCOCC1.C=CN1CCCC1=O. The molecule has 5 nitrogen and oxygen atoms in total. The topological polar surface area (TPSA) is 49.9 Å². The van der Waals surface area contributed by atoms with Gasteiger partial charge in [0.1, 0.15) is 0 Å². The lowest BCUT2D eigenvalue weighted by molar-refractivity contribution is -0.131. The number of likely N-dealkylation sites (tertiary alicyclic amines) is 1. The van der Waals surface area contributed by atoms with E-state index in [-0.39, 0.29) is 11.8 Å². The Hall–Kier alpha value is -1.62. The van der Waals surface area contributed by atoms with Gasteiger partial charge < -0.3 is 14.5 Å². The summed E-state index contributed by atoms with van der Waals surface area (Å²) >= 11 is 0. The van der Waals surface area contributed by atoms with E-state index in [0.29, 0.717) is 38.3 Å². The van der Waals surface area contributed by atoms with Gasteiger partial charge in [0.15, 0.2) is 0 Å². The van der Waals surface area contributed by atoms with Crippen LogP contribution in [0.4, 0.5) is 0 Å². The van der Waals surface area contributed by atoms with Crippen LogP contribution in [-0.4, -0.2) is 54.5 Å². The molecule has 0 aromatic rings. The fourth-order valence-corrected chi connectivity index (χ4v) is 1.90. The number of hydrogen-bond donors (Lipinski definition) is 0. The van der Waals surface area contributed by atoms with Gasteiger partial charge in [0, 0.05) is 31.6 Å². The predicted molar refractivity (Wildman–Crippen MR) is 73.4 cm³/mol. The van der Waals surface area contributed by atoms with Gasteiger partial charge in [-0.05, 0) is 19.5 Å². The highest BCUT2D eigenvalue weighted by molar-refractivity contribution is 5.92. The maximum atomic E-state index is 11.3. The average molecular weight is 266 g/mol. The fourth-order valence-electron chi connectivity index (χ4n) is 1.90. The Labute approximate surface area is 114 Å². The van der Waals surface area contributed by atoms with Crippen molar-refractivity contribution in [2.75, 3.05) is 32.8 Å². The van der Waals surface area contributed by atoms with Crippen molar-refractivity contribution in [1.82, 2.24) is 9.80 Å². The Morgan fingerprint density at radius 2 is 1.95 bits per heavy atom. The van der Waals surface area contributed by atoms with Crippen LogP contribution in [-0.2, 0) is 14.3 Å². The van der Waals surface area contributed by atoms with Crippen LogP contribution in [0.15, 0.2) is 24.9 Å². The van der Waals surface area contributed by atoms with Crippen molar-refractivity contribution >= 4 is 11.8 Å². The van der Waals surface area contributed by atoms with E-state index in [9.17, 15) is 9.59 Å². The summed E-state index contributed by atoms with van der Waals surface area (Å²) in [6, 6.07) is 0. The summed E-state index contributed by atoms with van der Waals surface area (Å²) in [6.07, 6.45) is 3.28. The molecule has 2 heterocycles. The third kappa shape index (κ3) is 4.87. The first-order valence-corrected chi connectivity index (χ1v) is 6.51. The molecular formula is C14H22N2O3. The number of ether oxygens (including phenoxy) is 1. The zero-order valence-electron chi connectivity index (χ0n) is 11.6. The van der Waals surface area contributed by atoms with Crippen molar-refractivity contribution in [3.05, 3.63) is 24.9 Å². The summed E-state index contributed by atoms with van der Waals surface area (Å²) < 4.78 is 5.11. The van der Waals surface area contributed by atoms with E-state index in [1.54, 1.807) is 22.9 Å². The second-order valence-corrected chi connectivity index (χ2v) is 4.56. The number of carbonyl (C=O) groups excluding carboxylic acids is 2. The lowest BCUT2D eigenvalue weighted by atomic mass is 10.3. The summed E-state index contributed by atoms with van der Waals surface area (Å²) in [5, 5.41) is 0. The summed E-state index contributed by atoms with van der Waals surface area (Å²) in [7, 11) is 0. The second kappa shape index (κ2) is 7.74. The van der Waals surface area contributed by atoms with Crippen molar-refractivity contribution in [3.63, 3.8) is 0 Å². The highest BCUT2D eigenvalue weighted by Gasteiger charge is 2.16. The molecule has 2 aliphatic heterocycles. The van der Waals surface area contributed by atoms with E-state index in [4.69, 9.17) is 4.74 Å². The van der Waals surface area contributed by atoms with Crippen LogP contribution in [0.1, 0.15) is 19.8 Å². The number of carbonyl (C=O) groups is 2. The normalized spacial score (nSPS) is 18.7. The maximum Gasteiger partial charge on any atom is 0.249 e. The number of nitrogens with zero attached hydrogens (tertiary/aromatic N) is 2. The molecule has 2 amide bonds. The van der Waals surface area contributed by atoms with Crippen molar-refractivity contribution in [3.8, 4) is 0 Å². The molecule has 19 heavy (non-hydrogen) atoms. The average Bonchev–Trinajstić information content (AvgIpc) is 2.85. The molecule has 0 saturated carbocycles. The first-order valence-electron chi connectivity index (χ1n) is 6.51. The quantitative estimate of drug-likeness (QED) is 0.705. The number of hydrogen-bond acceptors (Lipinski definition) is 3. The minimum Gasteiger partial charge on any atom is -0.378 e. The van der Waals surface area contributed by atoms with Crippen LogP contribution < -0.4 is 0 Å². The Morgan fingerprint density at radius 3 is 2.32 bits per heavy atom. The van der Waals surface area contributed by atoms with Gasteiger partial charge in [-0.1, -0.05) is 13.2 Å². The minimum absolute atomic E-state index is 0.0494. The second-order valence-electron chi connectivity index (χ2n) is 4.56. The molecule has 0 aromatic carbocycles. The lowest BCUT2D eigenvalue weighted by Gasteiger charge is -2.26. The Balaban J connectivity index is 0.000000200. The molecule has 0 spiro atoms. The first kappa shape index (κ1) is 15.4. The molecule has 0 radical (unpaired) electrons. The van der Waals surface area contributed by atoms with Crippen molar-refractivity contribution in [1.29, 1.82) is 0 Å². The van der Waals surface area contributed by atoms with Crippen LogP contribution in [0.5, 0.6) is 0 Å². The molecule has 0 bridgehead atoms. The number of amides is 2. The summed E-state index contributed by atoms with van der Waals surface area (Å²) in [6.45, 7) is 12.4. The number of rotatable bonds is 2. The first-order chi connectivity index (χ1) is 9.06. The summed E-state index contributed by atoms with van der Waals surface area (Å²) in [5.41, 5.74) is 0.604. The monoisotopic (exact) mass is 266 g/mol. The van der Waals surface area contributed by atoms with E-state index < -0.39 is 0 Å². The molecule has 0 aliphatic carbocycles. The van der Waals surface area contributed by atoms with Crippen LogP contribution in [0.2, 0.25) is 0 Å². The van der Waals surface area contributed by atoms with Crippen LogP contribution in [0.25, 0.3) is 0 Å². The van der Waals surface area contributed by atoms with E-state index in [1.807, 2.05) is 0 Å².